The van der Waals surface area contributed by atoms with Crippen molar-refractivity contribution in [2.45, 2.75) is 12.8 Å². The number of hydrogen-bond donors (Lipinski definition) is 1. The number of pyridine rings is 1. The molecular weight excluding hydrogens is 258 g/mol. The largest absolute Gasteiger partial charge is 0.481 e. The Balaban J connectivity index is 1.95. The molecule has 0 bridgehead atoms. The fourth-order valence-corrected chi connectivity index (χ4v) is 2.36. The van der Waals surface area contributed by atoms with Crippen molar-refractivity contribution in [3.8, 4) is 5.88 Å². The van der Waals surface area contributed by atoms with Gasteiger partial charge < -0.3 is 15.0 Å². The summed E-state index contributed by atoms with van der Waals surface area (Å²) in [5.41, 5.74) is 0.548. The number of nitrogens with one attached hydrogen (secondary N) is 1. The first-order chi connectivity index (χ1) is 9.63. The van der Waals surface area contributed by atoms with Crippen LogP contribution in [-0.2, 0) is 4.79 Å². The van der Waals surface area contributed by atoms with E-state index < -0.39 is 0 Å². The predicted octanol–water partition coefficient (Wildman–Crippen LogP) is 0.688. The maximum Gasteiger partial charge on any atom is 0.255 e. The molecule has 1 atom stereocenters. The molecule has 1 saturated heterocycles. The summed E-state index contributed by atoms with van der Waals surface area (Å²) in [5.74, 6) is 0.709. The number of rotatable bonds is 4. The van der Waals surface area contributed by atoms with E-state index in [9.17, 15) is 9.59 Å². The number of hydrogen-bond acceptors (Lipinski definition) is 4. The molecule has 1 aromatic rings. The van der Waals surface area contributed by atoms with Crippen LogP contribution in [0.15, 0.2) is 18.3 Å². The lowest BCUT2D eigenvalue weighted by Gasteiger charge is -2.16. The topological polar surface area (TPSA) is 71.5 Å². The number of nitrogens with zero attached hydrogens (tertiary/aromatic N) is 2. The lowest BCUT2D eigenvalue weighted by atomic mass is 10.0. The smallest absolute Gasteiger partial charge is 0.255 e. The van der Waals surface area contributed by atoms with Gasteiger partial charge in [-0.25, -0.2) is 4.98 Å². The third-order valence-electron chi connectivity index (χ3n) is 3.52. The highest BCUT2D eigenvalue weighted by molar-refractivity contribution is 5.94. The van der Waals surface area contributed by atoms with Crippen LogP contribution < -0.4 is 10.1 Å². The van der Waals surface area contributed by atoms with Gasteiger partial charge in [0.1, 0.15) is 0 Å². The van der Waals surface area contributed by atoms with Crippen molar-refractivity contribution in [2.75, 3.05) is 27.2 Å². The quantitative estimate of drug-likeness (QED) is 0.879. The van der Waals surface area contributed by atoms with E-state index in [0.29, 0.717) is 31.0 Å². The van der Waals surface area contributed by atoms with Crippen molar-refractivity contribution < 1.29 is 14.3 Å². The Morgan fingerprint density at radius 2 is 2.30 bits per heavy atom. The molecule has 1 aliphatic rings. The van der Waals surface area contributed by atoms with E-state index in [2.05, 4.69) is 10.3 Å². The van der Waals surface area contributed by atoms with Crippen molar-refractivity contribution in [3.63, 3.8) is 0 Å². The van der Waals surface area contributed by atoms with E-state index in [0.717, 1.165) is 6.42 Å². The second-order valence-corrected chi connectivity index (χ2v) is 4.87. The van der Waals surface area contributed by atoms with Crippen molar-refractivity contribution in [2.24, 2.45) is 5.92 Å². The summed E-state index contributed by atoms with van der Waals surface area (Å²) in [5, 5.41) is 2.61. The molecule has 0 aliphatic carbocycles. The Morgan fingerprint density at radius 1 is 1.50 bits per heavy atom. The van der Waals surface area contributed by atoms with Crippen molar-refractivity contribution in [1.82, 2.24) is 15.2 Å². The minimum atomic E-state index is -0.0421. The second-order valence-electron chi connectivity index (χ2n) is 4.87. The zero-order chi connectivity index (χ0) is 14.5. The van der Waals surface area contributed by atoms with Crippen LogP contribution >= 0.6 is 0 Å². The first-order valence-corrected chi connectivity index (χ1v) is 6.64. The molecule has 2 heterocycles. The van der Waals surface area contributed by atoms with Gasteiger partial charge in [-0.2, -0.15) is 0 Å². The average molecular weight is 277 g/mol. The molecule has 0 spiro atoms. The SMILES string of the molecule is CNC(=O)CC1CCN(C(=O)c2ccc(OC)nc2)C1. The van der Waals surface area contributed by atoms with Gasteiger partial charge in [0.25, 0.3) is 5.91 Å². The number of amides is 2. The van der Waals surface area contributed by atoms with E-state index in [1.54, 1.807) is 24.1 Å². The predicted molar refractivity (Wildman–Crippen MR) is 73.5 cm³/mol. The monoisotopic (exact) mass is 277 g/mol. The first-order valence-electron chi connectivity index (χ1n) is 6.64. The van der Waals surface area contributed by atoms with Crippen LogP contribution in [0.3, 0.4) is 0 Å². The minimum absolute atomic E-state index is 0.0235. The highest BCUT2D eigenvalue weighted by Crippen LogP contribution is 2.21. The van der Waals surface area contributed by atoms with Gasteiger partial charge in [0.2, 0.25) is 11.8 Å². The normalized spacial score (nSPS) is 17.9. The van der Waals surface area contributed by atoms with E-state index in [1.165, 1.54) is 13.3 Å². The third-order valence-corrected chi connectivity index (χ3v) is 3.52. The Hall–Kier alpha value is -2.11. The maximum atomic E-state index is 12.3. The average Bonchev–Trinajstić information content (AvgIpc) is 2.95. The summed E-state index contributed by atoms with van der Waals surface area (Å²) in [6.45, 7) is 1.31. The fourth-order valence-electron chi connectivity index (χ4n) is 2.36. The second kappa shape index (κ2) is 6.36. The van der Waals surface area contributed by atoms with Gasteiger partial charge in [0, 0.05) is 38.8 Å². The summed E-state index contributed by atoms with van der Waals surface area (Å²) >= 11 is 0. The van der Waals surface area contributed by atoms with Gasteiger partial charge in [-0.05, 0) is 18.4 Å². The molecule has 20 heavy (non-hydrogen) atoms. The molecule has 6 heteroatoms. The molecule has 2 amide bonds. The lowest BCUT2D eigenvalue weighted by molar-refractivity contribution is -0.121. The van der Waals surface area contributed by atoms with E-state index in [1.807, 2.05) is 0 Å². The molecule has 1 N–H and O–H groups in total. The van der Waals surface area contributed by atoms with Crippen LogP contribution in [0.4, 0.5) is 0 Å². The van der Waals surface area contributed by atoms with Gasteiger partial charge in [-0.1, -0.05) is 0 Å². The highest BCUT2D eigenvalue weighted by atomic mass is 16.5. The molecule has 108 valence electrons. The molecule has 1 unspecified atom stereocenters. The Morgan fingerprint density at radius 3 is 2.90 bits per heavy atom. The molecular formula is C14H19N3O3. The number of aromatic nitrogens is 1. The van der Waals surface area contributed by atoms with Gasteiger partial charge in [0.15, 0.2) is 0 Å². The van der Waals surface area contributed by atoms with Gasteiger partial charge >= 0.3 is 0 Å². The Bertz CT molecular complexity index is 487. The standard InChI is InChI=1S/C14H19N3O3/c1-15-12(18)7-10-5-6-17(9-10)14(19)11-3-4-13(20-2)16-8-11/h3-4,8,10H,5-7,9H2,1-2H3,(H,15,18). The van der Waals surface area contributed by atoms with Crippen LogP contribution in [-0.4, -0.2) is 48.9 Å². The maximum absolute atomic E-state index is 12.3. The van der Waals surface area contributed by atoms with Crippen LogP contribution in [0.25, 0.3) is 0 Å². The lowest BCUT2D eigenvalue weighted by Crippen LogP contribution is -2.29. The number of methoxy groups -OCH3 is 1. The molecule has 6 nitrogen and oxygen atoms in total. The molecule has 2 rings (SSSR count). The van der Waals surface area contributed by atoms with Crippen molar-refractivity contribution in [3.05, 3.63) is 23.9 Å². The van der Waals surface area contributed by atoms with Crippen molar-refractivity contribution >= 4 is 11.8 Å². The molecule has 0 radical (unpaired) electrons. The fraction of sp³-hybridized carbons (Fsp3) is 0.500. The molecule has 1 aromatic heterocycles. The zero-order valence-electron chi connectivity index (χ0n) is 11.8. The molecule has 0 aromatic carbocycles. The van der Waals surface area contributed by atoms with E-state index in [-0.39, 0.29) is 17.7 Å². The van der Waals surface area contributed by atoms with Crippen LogP contribution in [0.1, 0.15) is 23.2 Å². The minimum Gasteiger partial charge on any atom is -0.481 e. The Kier molecular flexibility index (Phi) is 4.55. The van der Waals surface area contributed by atoms with Gasteiger partial charge in [0.05, 0.1) is 12.7 Å². The van der Waals surface area contributed by atoms with Crippen LogP contribution in [0.2, 0.25) is 0 Å². The summed E-state index contributed by atoms with van der Waals surface area (Å²) in [4.78, 5) is 29.4. The van der Waals surface area contributed by atoms with Gasteiger partial charge in [-0.15, -0.1) is 0 Å². The zero-order valence-corrected chi connectivity index (χ0v) is 11.8. The number of ether oxygens (including phenoxy) is 1. The molecule has 0 saturated carbocycles. The van der Waals surface area contributed by atoms with E-state index in [4.69, 9.17) is 4.74 Å². The number of carbonyl (C=O) groups excluding carboxylic acids is 2. The third kappa shape index (κ3) is 3.26. The Labute approximate surface area is 118 Å². The first kappa shape index (κ1) is 14.3. The molecule has 1 aliphatic heterocycles. The summed E-state index contributed by atoms with van der Waals surface area (Å²) < 4.78 is 4.97. The highest BCUT2D eigenvalue weighted by Gasteiger charge is 2.28. The number of likely N-dealkylation sites (tertiary alicyclic amines) is 1. The van der Waals surface area contributed by atoms with Gasteiger partial charge in [-0.3, -0.25) is 9.59 Å². The number of carbonyl (C=O) groups is 2. The van der Waals surface area contributed by atoms with Crippen LogP contribution in [0, 0.1) is 5.92 Å². The van der Waals surface area contributed by atoms with Crippen molar-refractivity contribution in [1.29, 1.82) is 0 Å². The summed E-state index contributed by atoms with van der Waals surface area (Å²) in [6.07, 6.45) is 2.86. The van der Waals surface area contributed by atoms with Crippen LogP contribution in [0.5, 0.6) is 5.88 Å². The van der Waals surface area contributed by atoms with E-state index >= 15 is 0 Å². The molecule has 1 fully saturated rings. The summed E-state index contributed by atoms with van der Waals surface area (Å²) in [7, 11) is 3.16. The summed E-state index contributed by atoms with van der Waals surface area (Å²) in [6, 6.07) is 3.38.